The number of benzene rings is 1. The third kappa shape index (κ3) is 14.0. The van der Waals surface area contributed by atoms with Gasteiger partial charge in [-0.25, -0.2) is 9.78 Å². The summed E-state index contributed by atoms with van der Waals surface area (Å²) in [7, 11) is 0. The average Bonchev–Trinajstić information content (AvgIpc) is 3.65. The van der Waals surface area contributed by atoms with Crippen molar-refractivity contribution in [1.29, 1.82) is 0 Å². The quantitative estimate of drug-likeness (QED) is 0.0271. The maximum atomic E-state index is 14.2. The molecule has 9 nitrogen and oxygen atoms in total. The van der Waals surface area contributed by atoms with Crippen LogP contribution in [-0.2, 0) is 49.0 Å². The Morgan fingerprint density at radius 3 is 1.67 bits per heavy atom. The predicted molar refractivity (Wildman–Crippen MR) is 254 cm³/mol. The number of esters is 3. The van der Waals surface area contributed by atoms with Crippen molar-refractivity contribution in [2.45, 2.75) is 239 Å². The first-order valence-corrected chi connectivity index (χ1v) is 25.6. The highest BCUT2D eigenvalue weighted by atomic mass is 16.6. The van der Waals surface area contributed by atoms with Gasteiger partial charge in [0, 0.05) is 29.4 Å². The van der Waals surface area contributed by atoms with Crippen LogP contribution >= 0.6 is 0 Å². The van der Waals surface area contributed by atoms with Crippen LogP contribution in [0.2, 0.25) is 0 Å². The molecule has 1 atom stereocenters. The number of pyridine rings is 2. The van der Waals surface area contributed by atoms with Crippen LogP contribution in [0, 0.1) is 0 Å². The zero-order valence-electron chi connectivity index (χ0n) is 39.7. The number of unbranched alkanes of at least 4 members (excludes halogenated alkanes) is 24. The van der Waals surface area contributed by atoms with Gasteiger partial charge >= 0.3 is 17.9 Å². The van der Waals surface area contributed by atoms with Gasteiger partial charge < -0.3 is 18.8 Å². The number of cyclic esters (lactones) is 1. The molecule has 0 radical (unpaired) electrons. The molecule has 0 bridgehead atoms. The number of ether oxygens (including phenoxy) is 3. The second-order valence-corrected chi connectivity index (χ2v) is 18.5. The van der Waals surface area contributed by atoms with E-state index in [1.165, 1.54) is 122 Å². The number of rotatable bonds is 32. The van der Waals surface area contributed by atoms with Crippen LogP contribution in [0.15, 0.2) is 29.1 Å². The zero-order valence-corrected chi connectivity index (χ0v) is 39.7. The molecule has 1 aromatic carbocycles. The minimum Gasteiger partial charge on any atom is -0.457 e. The molecule has 0 N–H and O–H groups in total. The Hall–Kier alpha value is -4.01. The van der Waals surface area contributed by atoms with Crippen LogP contribution < -0.4 is 10.3 Å². The molecule has 4 heterocycles. The van der Waals surface area contributed by atoms with Crippen LogP contribution in [0.1, 0.15) is 236 Å². The summed E-state index contributed by atoms with van der Waals surface area (Å²) >= 11 is 0. The molecule has 3 aromatic rings. The lowest BCUT2D eigenvalue weighted by Gasteiger charge is -2.35. The summed E-state index contributed by atoms with van der Waals surface area (Å²) < 4.78 is 19.2. The molecule has 0 amide bonds. The van der Waals surface area contributed by atoms with E-state index in [1.807, 2.05) is 18.2 Å². The summed E-state index contributed by atoms with van der Waals surface area (Å²) in [6.45, 7) is 8.52. The number of aryl methyl sites for hydroxylation is 1. The van der Waals surface area contributed by atoms with E-state index in [0.29, 0.717) is 54.1 Å². The fourth-order valence-corrected chi connectivity index (χ4v) is 9.77. The lowest BCUT2D eigenvalue weighted by molar-refractivity contribution is -0.189. The summed E-state index contributed by atoms with van der Waals surface area (Å²) in [6.07, 6.45) is 33.4. The molecule has 63 heavy (non-hydrogen) atoms. The molecular formula is C54H80N2O7. The van der Waals surface area contributed by atoms with E-state index in [-0.39, 0.29) is 31.0 Å². The highest BCUT2D eigenvalue weighted by Crippen LogP contribution is 2.42. The van der Waals surface area contributed by atoms with Crippen molar-refractivity contribution in [3.63, 3.8) is 0 Å². The Morgan fingerprint density at radius 1 is 0.651 bits per heavy atom. The normalized spacial score (nSPS) is 15.3. The number of aromatic nitrogens is 2. The Bertz CT molecular complexity index is 1980. The molecule has 0 saturated carbocycles. The van der Waals surface area contributed by atoms with E-state index < -0.39 is 17.5 Å². The predicted octanol–water partition coefficient (Wildman–Crippen LogP) is 14.1. The van der Waals surface area contributed by atoms with Gasteiger partial charge in [-0.15, -0.1) is 0 Å². The zero-order chi connectivity index (χ0) is 44.9. The number of hydrogen-bond acceptors (Lipinski definition) is 8. The van der Waals surface area contributed by atoms with Gasteiger partial charge in [-0.1, -0.05) is 182 Å². The lowest BCUT2D eigenvalue weighted by atomic mass is 9.85. The van der Waals surface area contributed by atoms with Gasteiger partial charge in [0.15, 0.2) is 0 Å². The monoisotopic (exact) mass is 869 g/mol. The van der Waals surface area contributed by atoms with Crippen LogP contribution in [0.25, 0.3) is 22.3 Å². The largest absolute Gasteiger partial charge is 0.457 e. The molecule has 0 aliphatic carbocycles. The van der Waals surface area contributed by atoms with E-state index in [1.54, 1.807) is 17.6 Å². The van der Waals surface area contributed by atoms with Gasteiger partial charge in [-0.3, -0.25) is 14.4 Å². The van der Waals surface area contributed by atoms with E-state index in [9.17, 15) is 19.2 Å². The van der Waals surface area contributed by atoms with Gasteiger partial charge in [0.2, 0.25) is 5.60 Å². The van der Waals surface area contributed by atoms with Crippen LogP contribution in [0.5, 0.6) is 5.75 Å². The Morgan fingerprint density at radius 2 is 1.16 bits per heavy atom. The van der Waals surface area contributed by atoms with E-state index >= 15 is 0 Å². The number of hydrogen-bond donors (Lipinski definition) is 0. The number of nitrogens with zero attached hydrogens (tertiary/aromatic N) is 2. The molecule has 9 heteroatoms. The van der Waals surface area contributed by atoms with Crippen LogP contribution in [0.3, 0.4) is 0 Å². The van der Waals surface area contributed by atoms with Crippen molar-refractivity contribution >= 4 is 28.8 Å². The first-order chi connectivity index (χ1) is 30.8. The standard InChI is InChI=1S/C54H80N2O7/c1-5-9-11-13-15-17-19-21-23-25-27-29-31-33-49(57)62-41-35-36-47-43(37-41)42(7-3)44-39-56-48(51(44)55-47)38-46-45(52(56)59)40-61-53(60)54(46,8-4)63-50(58)34-32-30-28-26-24-22-20-18-16-14-12-10-6-2/h35-38H,5-34,39-40H2,1-4H3/t54-/m0/s1. The third-order valence-electron chi connectivity index (χ3n) is 13.6. The molecule has 5 rings (SSSR count). The molecular weight excluding hydrogens is 789 g/mol. The van der Waals surface area contributed by atoms with E-state index in [2.05, 4.69) is 20.8 Å². The number of fused-ring (bicyclic) bond motifs is 5. The van der Waals surface area contributed by atoms with Gasteiger partial charge in [0.1, 0.15) is 12.4 Å². The summed E-state index contributed by atoms with van der Waals surface area (Å²) in [5.41, 5.74) is 2.72. The molecule has 0 fully saturated rings. The van der Waals surface area contributed by atoms with Crippen molar-refractivity contribution in [3.8, 4) is 17.1 Å². The Kier molecular flexibility index (Phi) is 21.2. The number of carbonyl (C=O) groups is 3. The summed E-state index contributed by atoms with van der Waals surface area (Å²) in [5.74, 6) is -0.833. The second-order valence-electron chi connectivity index (χ2n) is 18.5. The molecule has 2 aliphatic rings. The van der Waals surface area contributed by atoms with Gasteiger partial charge in [-0.2, -0.15) is 0 Å². The fraction of sp³-hybridized carbons (Fsp3) is 0.685. The second kappa shape index (κ2) is 26.7. The fourth-order valence-electron chi connectivity index (χ4n) is 9.77. The first kappa shape index (κ1) is 50.0. The van der Waals surface area contributed by atoms with Crippen molar-refractivity contribution < 1.29 is 28.6 Å². The Labute approximate surface area is 378 Å². The van der Waals surface area contributed by atoms with Gasteiger partial charge in [0.05, 0.1) is 29.0 Å². The van der Waals surface area contributed by atoms with Crippen molar-refractivity contribution in [2.24, 2.45) is 0 Å². The number of carbonyl (C=O) groups excluding carboxylic acids is 3. The van der Waals surface area contributed by atoms with Crippen molar-refractivity contribution in [3.05, 3.63) is 56.9 Å². The molecule has 0 saturated heterocycles. The average molecular weight is 869 g/mol. The van der Waals surface area contributed by atoms with Crippen LogP contribution in [-0.4, -0.2) is 27.5 Å². The smallest absolute Gasteiger partial charge is 0.355 e. The molecule has 2 aromatic heterocycles. The summed E-state index contributed by atoms with van der Waals surface area (Å²) in [5, 5.41) is 0.886. The molecule has 348 valence electrons. The van der Waals surface area contributed by atoms with Gasteiger partial charge in [-0.05, 0) is 55.5 Å². The highest BCUT2D eigenvalue weighted by Gasteiger charge is 2.50. The van der Waals surface area contributed by atoms with Crippen molar-refractivity contribution in [2.75, 3.05) is 0 Å². The SMILES string of the molecule is CCCCCCCCCCCCCCCC(=O)Oc1ccc2nc3c(c(CC)c2c1)Cn1c-3cc2c(c1=O)COC(=O)[C@@]2(CC)OC(=O)CCCCCCCCCCCCCCC. The topological polar surface area (TPSA) is 114 Å². The minimum absolute atomic E-state index is 0.144. The maximum absolute atomic E-state index is 14.2. The van der Waals surface area contributed by atoms with Crippen LogP contribution in [0.4, 0.5) is 0 Å². The highest BCUT2D eigenvalue weighted by molar-refractivity contribution is 5.91. The third-order valence-corrected chi connectivity index (χ3v) is 13.6. The Balaban J connectivity index is 1.15. The van der Waals surface area contributed by atoms with Gasteiger partial charge in [0.25, 0.3) is 5.56 Å². The van der Waals surface area contributed by atoms with Crippen molar-refractivity contribution in [1.82, 2.24) is 9.55 Å². The summed E-state index contributed by atoms with van der Waals surface area (Å²) in [4.78, 5) is 59.1. The summed E-state index contributed by atoms with van der Waals surface area (Å²) in [6, 6.07) is 7.38. The van der Waals surface area contributed by atoms with E-state index in [4.69, 9.17) is 19.2 Å². The molecule has 0 unspecified atom stereocenters. The minimum atomic E-state index is -1.70. The van der Waals surface area contributed by atoms with E-state index in [0.717, 1.165) is 60.6 Å². The first-order valence-electron chi connectivity index (χ1n) is 25.6. The maximum Gasteiger partial charge on any atom is 0.355 e. The molecule has 2 aliphatic heterocycles. The lowest BCUT2D eigenvalue weighted by Crippen LogP contribution is -2.47. The molecule has 0 spiro atoms.